The number of nitrogens with zero attached hydrogens (tertiary/aromatic N) is 2. The van der Waals surface area contributed by atoms with Gasteiger partial charge < -0.3 is 10.1 Å². The lowest BCUT2D eigenvalue weighted by Crippen LogP contribution is -2.13. The zero-order valence-electron chi connectivity index (χ0n) is 18.0. The zero-order valence-corrected chi connectivity index (χ0v) is 21.1. The first-order valence-corrected chi connectivity index (χ1v) is 13.2. The van der Waals surface area contributed by atoms with Crippen molar-refractivity contribution in [3.8, 4) is 5.75 Å². The molecule has 7 nitrogen and oxygen atoms in total. The van der Waals surface area contributed by atoms with Gasteiger partial charge in [0.1, 0.15) is 10.6 Å². The van der Waals surface area contributed by atoms with Gasteiger partial charge in [-0.1, -0.05) is 37.0 Å². The van der Waals surface area contributed by atoms with E-state index in [2.05, 4.69) is 24.3 Å². The number of thiophene rings is 1. The molecule has 32 heavy (non-hydrogen) atoms. The molecule has 0 bridgehead atoms. The molecule has 0 aliphatic carbocycles. The fourth-order valence-corrected chi connectivity index (χ4v) is 5.87. The van der Waals surface area contributed by atoms with Crippen LogP contribution in [0.2, 0.25) is 10.0 Å². The SMILES string of the molecule is Cc1cc(NC(=O)c2scc(S(C)(=O)=O)c2Cl)nn1Cc1cc(Cl)ccc1OCC(C)C. The fraction of sp³-hybridized carbons (Fsp3) is 0.333. The van der Waals surface area contributed by atoms with Crippen LogP contribution < -0.4 is 10.1 Å². The van der Waals surface area contributed by atoms with Gasteiger partial charge in [-0.25, -0.2) is 8.42 Å². The van der Waals surface area contributed by atoms with E-state index in [0.29, 0.717) is 29.9 Å². The summed E-state index contributed by atoms with van der Waals surface area (Å²) >= 11 is 13.3. The lowest BCUT2D eigenvalue weighted by molar-refractivity contribution is 0.103. The lowest BCUT2D eigenvalue weighted by Gasteiger charge is -2.14. The van der Waals surface area contributed by atoms with Gasteiger partial charge in [0.2, 0.25) is 0 Å². The molecule has 11 heteroatoms. The van der Waals surface area contributed by atoms with Crippen LogP contribution in [0.4, 0.5) is 5.82 Å². The van der Waals surface area contributed by atoms with Crippen molar-refractivity contribution in [1.29, 1.82) is 0 Å². The van der Waals surface area contributed by atoms with E-state index in [0.717, 1.165) is 34.6 Å². The number of hydrogen-bond acceptors (Lipinski definition) is 6. The number of sulfone groups is 1. The Bertz CT molecular complexity index is 1250. The van der Waals surface area contributed by atoms with Gasteiger partial charge >= 0.3 is 0 Å². The van der Waals surface area contributed by atoms with Crippen LogP contribution >= 0.6 is 34.5 Å². The largest absolute Gasteiger partial charge is 0.493 e. The summed E-state index contributed by atoms with van der Waals surface area (Å²) in [5.74, 6) is 0.897. The van der Waals surface area contributed by atoms with E-state index in [9.17, 15) is 13.2 Å². The van der Waals surface area contributed by atoms with Crippen molar-refractivity contribution in [2.75, 3.05) is 18.2 Å². The maximum atomic E-state index is 12.6. The minimum absolute atomic E-state index is 0.0640. The van der Waals surface area contributed by atoms with Crippen molar-refractivity contribution >= 4 is 56.1 Å². The first-order valence-electron chi connectivity index (χ1n) is 9.69. The van der Waals surface area contributed by atoms with Crippen molar-refractivity contribution in [2.45, 2.75) is 32.2 Å². The van der Waals surface area contributed by atoms with Gasteiger partial charge in [0.25, 0.3) is 5.91 Å². The van der Waals surface area contributed by atoms with Crippen LogP contribution in [0.25, 0.3) is 0 Å². The topological polar surface area (TPSA) is 90.3 Å². The number of benzene rings is 1. The molecule has 0 saturated carbocycles. The predicted molar refractivity (Wildman–Crippen MR) is 128 cm³/mol. The van der Waals surface area contributed by atoms with Crippen LogP contribution in [-0.2, 0) is 16.4 Å². The molecule has 1 amide bonds. The summed E-state index contributed by atoms with van der Waals surface area (Å²) in [7, 11) is -3.52. The zero-order chi connectivity index (χ0) is 23.6. The van der Waals surface area contributed by atoms with Crippen molar-refractivity contribution < 1.29 is 17.9 Å². The van der Waals surface area contributed by atoms with E-state index in [1.54, 1.807) is 16.8 Å². The van der Waals surface area contributed by atoms with Gasteiger partial charge in [-0.3, -0.25) is 9.48 Å². The minimum Gasteiger partial charge on any atom is -0.493 e. The summed E-state index contributed by atoms with van der Waals surface area (Å²) in [5, 5.41) is 8.99. The van der Waals surface area contributed by atoms with Crippen LogP contribution in [0.3, 0.4) is 0 Å². The van der Waals surface area contributed by atoms with E-state index in [4.69, 9.17) is 27.9 Å². The molecule has 0 radical (unpaired) electrons. The summed E-state index contributed by atoms with van der Waals surface area (Å²) < 4.78 is 31.1. The Morgan fingerprint density at radius 2 is 2.00 bits per heavy atom. The smallest absolute Gasteiger partial charge is 0.268 e. The van der Waals surface area contributed by atoms with Gasteiger partial charge in [0.15, 0.2) is 15.7 Å². The molecule has 0 spiro atoms. The van der Waals surface area contributed by atoms with Crippen molar-refractivity contribution in [3.63, 3.8) is 0 Å². The Kier molecular flexibility index (Phi) is 7.54. The molecule has 3 aromatic rings. The van der Waals surface area contributed by atoms with E-state index >= 15 is 0 Å². The third-order valence-electron chi connectivity index (χ3n) is 4.44. The van der Waals surface area contributed by atoms with Gasteiger partial charge in [-0.2, -0.15) is 5.10 Å². The fourth-order valence-electron chi connectivity index (χ4n) is 2.87. The average molecular weight is 516 g/mol. The van der Waals surface area contributed by atoms with Crippen LogP contribution in [0.15, 0.2) is 34.5 Å². The molecule has 1 aromatic carbocycles. The molecule has 0 fully saturated rings. The second-order valence-corrected chi connectivity index (χ2v) is 11.4. The van der Waals surface area contributed by atoms with Crippen molar-refractivity contribution in [2.24, 2.45) is 5.92 Å². The number of anilines is 1. The third kappa shape index (κ3) is 5.83. The minimum atomic E-state index is -3.52. The summed E-state index contributed by atoms with van der Waals surface area (Å²) in [4.78, 5) is 12.7. The predicted octanol–water partition coefficient (Wildman–Crippen LogP) is 5.30. The monoisotopic (exact) mass is 515 g/mol. The number of aromatic nitrogens is 2. The number of nitrogens with one attached hydrogen (secondary N) is 1. The van der Waals surface area contributed by atoms with E-state index in [1.165, 1.54) is 5.38 Å². The van der Waals surface area contributed by atoms with Gasteiger partial charge in [0.05, 0.1) is 23.1 Å². The van der Waals surface area contributed by atoms with Gasteiger partial charge in [-0.15, -0.1) is 11.3 Å². The van der Waals surface area contributed by atoms with E-state index in [-0.39, 0.29) is 14.8 Å². The molecule has 0 aliphatic heterocycles. The van der Waals surface area contributed by atoms with Gasteiger partial charge in [0, 0.05) is 34.0 Å². The average Bonchev–Trinajstić information content (AvgIpc) is 3.23. The Hall–Kier alpha value is -2.07. The summed E-state index contributed by atoms with van der Waals surface area (Å²) in [6.45, 7) is 6.97. The molecule has 2 heterocycles. The van der Waals surface area contributed by atoms with Crippen LogP contribution in [-0.4, -0.2) is 37.0 Å². The summed E-state index contributed by atoms with van der Waals surface area (Å²) in [5.41, 5.74) is 1.67. The molecule has 2 aromatic heterocycles. The number of carbonyl (C=O) groups excluding carboxylic acids is 1. The number of amides is 1. The highest BCUT2D eigenvalue weighted by Gasteiger charge is 2.23. The Labute approximate surface area is 201 Å². The second kappa shape index (κ2) is 9.82. The summed E-state index contributed by atoms with van der Waals surface area (Å²) in [6, 6.07) is 7.16. The van der Waals surface area contributed by atoms with Crippen LogP contribution in [0, 0.1) is 12.8 Å². The number of halogens is 2. The molecular weight excluding hydrogens is 493 g/mol. The normalized spacial score (nSPS) is 11.7. The molecule has 3 rings (SSSR count). The first kappa shape index (κ1) is 24.6. The Balaban J connectivity index is 1.80. The highest BCUT2D eigenvalue weighted by Crippen LogP contribution is 2.32. The molecule has 1 N–H and O–H groups in total. The van der Waals surface area contributed by atoms with Crippen molar-refractivity contribution in [1.82, 2.24) is 9.78 Å². The highest BCUT2D eigenvalue weighted by atomic mass is 35.5. The summed E-state index contributed by atoms with van der Waals surface area (Å²) in [6.07, 6.45) is 1.04. The first-order chi connectivity index (χ1) is 15.0. The third-order valence-corrected chi connectivity index (χ3v) is 7.54. The molecular formula is C21H23Cl2N3O4S2. The van der Waals surface area contributed by atoms with E-state index in [1.807, 2.05) is 19.1 Å². The number of aryl methyl sites for hydroxylation is 1. The quantitative estimate of drug-likeness (QED) is 0.439. The number of carbonyl (C=O) groups is 1. The van der Waals surface area contributed by atoms with Crippen LogP contribution in [0.1, 0.15) is 34.8 Å². The second-order valence-electron chi connectivity index (χ2n) is 7.75. The number of rotatable bonds is 8. The molecule has 0 unspecified atom stereocenters. The van der Waals surface area contributed by atoms with Gasteiger partial charge in [-0.05, 0) is 31.0 Å². The van der Waals surface area contributed by atoms with Crippen molar-refractivity contribution in [3.05, 3.63) is 55.8 Å². The molecule has 0 aliphatic rings. The number of hydrogen-bond donors (Lipinski definition) is 1. The standard InChI is InChI=1S/C21H23Cl2N3O4S2/c1-12(2)10-30-16-6-5-15(22)8-14(16)9-26-13(3)7-18(25-26)24-21(27)20-19(23)17(11-31-20)32(4,28)29/h5-8,11-12H,9-10H2,1-4H3,(H,24,25,27). The van der Waals surface area contributed by atoms with E-state index < -0.39 is 15.7 Å². The molecule has 172 valence electrons. The highest BCUT2D eigenvalue weighted by molar-refractivity contribution is 7.91. The molecule has 0 saturated heterocycles. The Morgan fingerprint density at radius 3 is 2.62 bits per heavy atom. The number of ether oxygens (including phenoxy) is 1. The van der Waals surface area contributed by atoms with Crippen LogP contribution in [0.5, 0.6) is 5.75 Å². The maximum Gasteiger partial charge on any atom is 0.268 e. The Morgan fingerprint density at radius 1 is 1.28 bits per heavy atom. The lowest BCUT2D eigenvalue weighted by atomic mass is 10.2. The molecule has 0 atom stereocenters. The maximum absolute atomic E-state index is 12.6.